The molecule has 2 amide bonds. The Labute approximate surface area is 168 Å². The van der Waals surface area contributed by atoms with Gasteiger partial charge in [-0.3, -0.25) is 0 Å². The van der Waals surface area contributed by atoms with Gasteiger partial charge in [-0.15, -0.1) is 0 Å². The van der Waals surface area contributed by atoms with Crippen molar-refractivity contribution in [2.45, 2.75) is 25.1 Å². The Morgan fingerprint density at radius 3 is 2.83 bits per heavy atom. The molecule has 1 fully saturated rings. The lowest BCUT2D eigenvalue weighted by Gasteiger charge is -2.24. The van der Waals surface area contributed by atoms with Crippen molar-refractivity contribution in [3.63, 3.8) is 0 Å². The lowest BCUT2D eigenvalue weighted by molar-refractivity contribution is -0.153. The van der Waals surface area contributed by atoms with Gasteiger partial charge >= 0.3 is 12.2 Å². The highest BCUT2D eigenvalue weighted by Crippen LogP contribution is 2.33. The van der Waals surface area contributed by atoms with E-state index in [-0.39, 0.29) is 17.5 Å². The van der Waals surface area contributed by atoms with E-state index in [0.29, 0.717) is 18.8 Å². The Hall–Kier alpha value is -3.30. The number of nitrogens with one attached hydrogen (secondary N) is 2. The highest BCUT2D eigenvalue weighted by atomic mass is 19.4. The molecule has 6 nitrogen and oxygen atoms in total. The minimum atomic E-state index is -4.59. The van der Waals surface area contributed by atoms with Crippen LogP contribution in [-0.4, -0.2) is 40.2 Å². The number of fused-ring (bicyclic) bond motifs is 1. The van der Waals surface area contributed by atoms with E-state index in [1.54, 1.807) is 4.90 Å². The number of aromatic amines is 1. The van der Waals surface area contributed by atoms with Gasteiger partial charge in [0.15, 0.2) is 6.61 Å². The number of likely N-dealkylation sites (tertiary alicyclic amines) is 1. The largest absolute Gasteiger partial charge is 0.482 e. The number of hydrogen-bond donors (Lipinski definition) is 2. The molecular weight excluding hydrogens is 404 g/mol. The van der Waals surface area contributed by atoms with E-state index in [2.05, 4.69) is 20.0 Å². The number of imidazole rings is 1. The van der Waals surface area contributed by atoms with Gasteiger partial charge in [-0.2, -0.15) is 13.2 Å². The van der Waals surface area contributed by atoms with E-state index in [1.165, 1.54) is 6.07 Å². The summed E-state index contributed by atoms with van der Waals surface area (Å²) in [7, 11) is 0. The maximum absolute atomic E-state index is 13.5. The average Bonchev–Trinajstić information content (AvgIpc) is 3.34. The molecule has 1 aromatic heterocycles. The second kappa shape index (κ2) is 7.85. The molecule has 0 radical (unpaired) electrons. The van der Waals surface area contributed by atoms with Crippen molar-refractivity contribution < 1.29 is 27.1 Å². The second-order valence-corrected chi connectivity index (χ2v) is 6.97. The number of carbonyl (C=O) groups is 1. The Bertz CT molecular complexity index is 1030. The van der Waals surface area contributed by atoms with Gasteiger partial charge in [-0.05, 0) is 37.1 Å². The van der Waals surface area contributed by atoms with Crippen LogP contribution >= 0.6 is 0 Å². The van der Waals surface area contributed by atoms with Crippen LogP contribution in [0.15, 0.2) is 42.5 Å². The molecule has 30 heavy (non-hydrogen) atoms. The van der Waals surface area contributed by atoms with Crippen LogP contribution < -0.4 is 10.1 Å². The summed E-state index contributed by atoms with van der Waals surface area (Å²) in [5.41, 5.74) is 1.59. The Morgan fingerprint density at radius 1 is 1.27 bits per heavy atom. The Kier molecular flexibility index (Phi) is 5.23. The van der Waals surface area contributed by atoms with Gasteiger partial charge in [0.25, 0.3) is 0 Å². The molecule has 1 aliphatic heterocycles. The molecule has 10 heteroatoms. The summed E-state index contributed by atoms with van der Waals surface area (Å²) in [4.78, 5) is 22.2. The summed E-state index contributed by atoms with van der Waals surface area (Å²) in [6, 6.07) is 9.66. The molecule has 3 aromatic rings. The lowest BCUT2D eigenvalue weighted by Crippen LogP contribution is -2.35. The second-order valence-electron chi connectivity index (χ2n) is 6.97. The van der Waals surface area contributed by atoms with Crippen LogP contribution in [0.5, 0.6) is 5.75 Å². The zero-order valence-electron chi connectivity index (χ0n) is 15.7. The summed E-state index contributed by atoms with van der Waals surface area (Å²) in [5.74, 6) is -0.525. The van der Waals surface area contributed by atoms with Crippen molar-refractivity contribution in [2.75, 3.05) is 18.5 Å². The van der Waals surface area contributed by atoms with E-state index >= 15 is 0 Å². The first-order chi connectivity index (χ1) is 14.3. The zero-order chi connectivity index (χ0) is 21.3. The van der Waals surface area contributed by atoms with Crippen LogP contribution in [0.3, 0.4) is 0 Å². The smallest absolute Gasteiger partial charge is 0.422 e. The van der Waals surface area contributed by atoms with Crippen molar-refractivity contribution >= 4 is 22.8 Å². The molecular formula is C20H18F4N4O2. The Balaban J connectivity index is 1.53. The van der Waals surface area contributed by atoms with Crippen molar-refractivity contribution in [1.82, 2.24) is 14.9 Å². The van der Waals surface area contributed by atoms with Crippen LogP contribution in [0, 0.1) is 5.82 Å². The van der Waals surface area contributed by atoms with E-state index in [9.17, 15) is 22.4 Å². The number of amides is 2. The average molecular weight is 422 g/mol. The van der Waals surface area contributed by atoms with Crippen molar-refractivity contribution in [1.29, 1.82) is 0 Å². The molecule has 2 heterocycles. The number of ether oxygens (including phenoxy) is 1. The minimum absolute atomic E-state index is 0.0408. The van der Waals surface area contributed by atoms with Gasteiger partial charge in [-0.1, -0.05) is 12.1 Å². The molecule has 0 saturated carbocycles. The van der Waals surface area contributed by atoms with E-state index in [4.69, 9.17) is 0 Å². The number of rotatable bonds is 4. The molecule has 1 atom stereocenters. The van der Waals surface area contributed by atoms with Crippen molar-refractivity contribution in [3.8, 4) is 5.75 Å². The lowest BCUT2D eigenvalue weighted by atomic mass is 10.2. The number of aromatic nitrogens is 2. The maximum atomic E-state index is 13.5. The third-order valence-corrected chi connectivity index (χ3v) is 4.81. The zero-order valence-corrected chi connectivity index (χ0v) is 15.7. The summed E-state index contributed by atoms with van der Waals surface area (Å²) in [6.45, 7) is -1.14. The van der Waals surface area contributed by atoms with Crippen LogP contribution in [0.4, 0.5) is 28.0 Å². The molecule has 0 bridgehead atoms. The third kappa shape index (κ3) is 4.32. The number of anilines is 1. The van der Waals surface area contributed by atoms with E-state index in [1.807, 2.05) is 24.3 Å². The predicted octanol–water partition coefficient (Wildman–Crippen LogP) is 5.01. The highest BCUT2D eigenvalue weighted by Gasteiger charge is 2.33. The number of para-hydroxylation sites is 2. The first-order valence-electron chi connectivity index (χ1n) is 9.31. The fourth-order valence-electron chi connectivity index (χ4n) is 3.49. The molecule has 1 unspecified atom stereocenters. The standard InChI is InChI=1S/C20H18F4N4O2/c21-12-7-8-15(17(10-12)30-11-20(22,23)24)27-19(29)28-9-3-6-16(28)18-25-13-4-1-2-5-14(13)26-18/h1-2,4-5,7-8,10,16H,3,6,9,11H2,(H,25,26)(H,27,29). The summed E-state index contributed by atoms with van der Waals surface area (Å²) in [5, 5.41) is 2.54. The van der Waals surface area contributed by atoms with Gasteiger partial charge in [0.05, 0.1) is 22.8 Å². The molecule has 2 aromatic carbocycles. The fraction of sp³-hybridized carbons (Fsp3) is 0.300. The highest BCUT2D eigenvalue weighted by molar-refractivity contribution is 5.91. The molecule has 1 aliphatic rings. The van der Waals surface area contributed by atoms with Gasteiger partial charge in [-0.25, -0.2) is 14.2 Å². The number of benzene rings is 2. The van der Waals surface area contributed by atoms with E-state index in [0.717, 1.165) is 29.6 Å². The quantitative estimate of drug-likeness (QED) is 0.581. The van der Waals surface area contributed by atoms with Gasteiger partial charge in [0.1, 0.15) is 17.4 Å². The SMILES string of the molecule is O=C(Nc1ccc(F)cc1OCC(F)(F)F)N1CCCC1c1nc2ccccc2[nH]1. The van der Waals surface area contributed by atoms with Crippen molar-refractivity contribution in [2.24, 2.45) is 0 Å². The topological polar surface area (TPSA) is 70.2 Å². The minimum Gasteiger partial charge on any atom is -0.482 e. The van der Waals surface area contributed by atoms with Crippen LogP contribution in [-0.2, 0) is 0 Å². The number of alkyl halides is 3. The van der Waals surface area contributed by atoms with Gasteiger partial charge in [0, 0.05) is 12.6 Å². The number of hydrogen-bond acceptors (Lipinski definition) is 3. The van der Waals surface area contributed by atoms with Crippen LogP contribution in [0.2, 0.25) is 0 Å². The molecule has 2 N–H and O–H groups in total. The normalized spacial score (nSPS) is 16.8. The molecule has 4 rings (SSSR count). The predicted molar refractivity (Wildman–Crippen MR) is 102 cm³/mol. The number of H-pyrrole nitrogens is 1. The number of carbonyl (C=O) groups excluding carboxylic acids is 1. The van der Waals surface area contributed by atoms with Crippen molar-refractivity contribution in [3.05, 3.63) is 54.1 Å². The molecule has 1 saturated heterocycles. The maximum Gasteiger partial charge on any atom is 0.422 e. The first-order valence-corrected chi connectivity index (χ1v) is 9.31. The van der Waals surface area contributed by atoms with Crippen LogP contribution in [0.25, 0.3) is 11.0 Å². The molecule has 0 aliphatic carbocycles. The number of halogens is 4. The molecule has 158 valence electrons. The summed E-state index contributed by atoms with van der Waals surface area (Å²) >= 11 is 0. The number of urea groups is 1. The monoisotopic (exact) mass is 422 g/mol. The van der Waals surface area contributed by atoms with Gasteiger partial charge < -0.3 is 19.9 Å². The fourth-order valence-corrected chi connectivity index (χ4v) is 3.49. The summed E-state index contributed by atoms with van der Waals surface area (Å²) < 4.78 is 55.6. The third-order valence-electron chi connectivity index (χ3n) is 4.81. The van der Waals surface area contributed by atoms with Gasteiger partial charge in [0.2, 0.25) is 0 Å². The summed E-state index contributed by atoms with van der Waals surface area (Å²) in [6.07, 6.45) is -3.15. The van der Waals surface area contributed by atoms with Crippen LogP contribution in [0.1, 0.15) is 24.7 Å². The Morgan fingerprint density at radius 2 is 2.07 bits per heavy atom. The first kappa shape index (κ1) is 20.0. The molecule has 0 spiro atoms. The number of nitrogens with zero attached hydrogens (tertiary/aromatic N) is 2. The van der Waals surface area contributed by atoms with E-state index < -0.39 is 24.6 Å².